The van der Waals surface area contributed by atoms with Crippen LogP contribution >= 0.6 is 11.6 Å². The van der Waals surface area contributed by atoms with E-state index in [1.54, 1.807) is 6.92 Å². The molecule has 1 atom stereocenters. The highest BCUT2D eigenvalue weighted by atomic mass is 35.5. The number of nitrogens with one attached hydrogen (secondary N) is 2. The second kappa shape index (κ2) is 7.01. The van der Waals surface area contributed by atoms with Crippen molar-refractivity contribution < 1.29 is 9.59 Å². The monoisotopic (exact) mass is 268 g/mol. The summed E-state index contributed by atoms with van der Waals surface area (Å²) < 4.78 is 0. The van der Waals surface area contributed by atoms with Crippen molar-refractivity contribution in [3.8, 4) is 0 Å². The standard InChI is InChI=1S/C13H17ClN2O2/c1-9-3-5-11(6-4-9)16-12(17)7-8-15-13(18)10(2)14/h3-6,10H,7-8H2,1-2H3,(H,15,18)(H,16,17)/t10-/m1/s1. The van der Waals surface area contributed by atoms with Gasteiger partial charge >= 0.3 is 0 Å². The molecule has 5 heteroatoms. The minimum absolute atomic E-state index is 0.138. The van der Waals surface area contributed by atoms with Crippen LogP contribution in [0.5, 0.6) is 0 Å². The zero-order valence-corrected chi connectivity index (χ0v) is 11.3. The van der Waals surface area contributed by atoms with Gasteiger partial charge in [-0.15, -0.1) is 11.6 Å². The van der Waals surface area contributed by atoms with Crippen LogP contribution in [0.4, 0.5) is 5.69 Å². The van der Waals surface area contributed by atoms with Gasteiger partial charge in [0.1, 0.15) is 5.38 Å². The number of amides is 2. The van der Waals surface area contributed by atoms with Gasteiger partial charge in [-0.05, 0) is 26.0 Å². The van der Waals surface area contributed by atoms with Crippen LogP contribution in [0, 0.1) is 6.92 Å². The van der Waals surface area contributed by atoms with E-state index in [0.29, 0.717) is 0 Å². The van der Waals surface area contributed by atoms with Crippen LogP contribution in [0.15, 0.2) is 24.3 Å². The number of halogens is 1. The van der Waals surface area contributed by atoms with Crippen molar-refractivity contribution in [2.45, 2.75) is 25.6 Å². The third kappa shape index (κ3) is 5.19. The molecule has 98 valence electrons. The lowest BCUT2D eigenvalue weighted by atomic mass is 10.2. The molecule has 0 spiro atoms. The van der Waals surface area contributed by atoms with Gasteiger partial charge < -0.3 is 10.6 Å². The first-order valence-electron chi connectivity index (χ1n) is 5.77. The molecule has 0 aliphatic carbocycles. The second-order valence-corrected chi connectivity index (χ2v) is 4.73. The van der Waals surface area contributed by atoms with Gasteiger partial charge in [0.15, 0.2) is 0 Å². The Morgan fingerprint density at radius 1 is 1.28 bits per heavy atom. The quantitative estimate of drug-likeness (QED) is 0.803. The molecule has 0 aliphatic rings. The first kappa shape index (κ1) is 14.5. The molecule has 1 rings (SSSR count). The van der Waals surface area contributed by atoms with Gasteiger partial charge in [0.25, 0.3) is 0 Å². The molecule has 1 aromatic rings. The van der Waals surface area contributed by atoms with Crippen LogP contribution < -0.4 is 10.6 Å². The fourth-order valence-corrected chi connectivity index (χ4v) is 1.38. The first-order valence-corrected chi connectivity index (χ1v) is 6.21. The summed E-state index contributed by atoms with van der Waals surface area (Å²) in [6.45, 7) is 3.85. The van der Waals surface area contributed by atoms with Gasteiger partial charge in [-0.1, -0.05) is 17.7 Å². The van der Waals surface area contributed by atoms with Crippen molar-refractivity contribution in [1.29, 1.82) is 0 Å². The highest BCUT2D eigenvalue weighted by molar-refractivity contribution is 6.30. The van der Waals surface area contributed by atoms with Crippen molar-refractivity contribution in [2.75, 3.05) is 11.9 Å². The number of benzene rings is 1. The van der Waals surface area contributed by atoms with Gasteiger partial charge in [-0.3, -0.25) is 9.59 Å². The summed E-state index contributed by atoms with van der Waals surface area (Å²) in [5.74, 6) is -0.402. The molecule has 0 radical (unpaired) electrons. The maximum Gasteiger partial charge on any atom is 0.237 e. The summed E-state index contributed by atoms with van der Waals surface area (Å²) in [6, 6.07) is 7.53. The van der Waals surface area contributed by atoms with Crippen LogP contribution in [0.1, 0.15) is 18.9 Å². The number of hydrogen-bond donors (Lipinski definition) is 2. The summed E-state index contributed by atoms with van der Waals surface area (Å²) in [4.78, 5) is 22.7. The van der Waals surface area contributed by atoms with Crippen molar-refractivity contribution in [3.05, 3.63) is 29.8 Å². The molecule has 18 heavy (non-hydrogen) atoms. The molecule has 0 saturated carbocycles. The predicted molar refractivity (Wildman–Crippen MR) is 72.8 cm³/mol. The molecule has 1 aromatic carbocycles. The van der Waals surface area contributed by atoms with E-state index in [2.05, 4.69) is 10.6 Å². The largest absolute Gasteiger partial charge is 0.354 e. The minimum atomic E-state index is -0.579. The molecule has 0 aromatic heterocycles. The molecule has 0 heterocycles. The number of carbonyl (C=O) groups is 2. The van der Waals surface area contributed by atoms with Crippen LogP contribution in [-0.2, 0) is 9.59 Å². The molecular weight excluding hydrogens is 252 g/mol. The maximum absolute atomic E-state index is 11.6. The van der Waals surface area contributed by atoms with Crippen LogP contribution in [-0.4, -0.2) is 23.7 Å². The van der Waals surface area contributed by atoms with E-state index in [1.165, 1.54) is 0 Å². The summed E-state index contributed by atoms with van der Waals surface area (Å²) in [6.07, 6.45) is 0.225. The zero-order valence-electron chi connectivity index (χ0n) is 10.5. The fourth-order valence-electron chi connectivity index (χ4n) is 1.30. The Balaban J connectivity index is 2.30. The van der Waals surface area contributed by atoms with Gasteiger partial charge in [-0.25, -0.2) is 0 Å². The van der Waals surface area contributed by atoms with Gasteiger partial charge in [0.05, 0.1) is 0 Å². The molecule has 0 bridgehead atoms. The SMILES string of the molecule is Cc1ccc(NC(=O)CCNC(=O)[C@@H](C)Cl)cc1. The van der Waals surface area contributed by atoms with Gasteiger partial charge in [0, 0.05) is 18.7 Å². The Morgan fingerprint density at radius 3 is 2.44 bits per heavy atom. The van der Waals surface area contributed by atoms with Gasteiger partial charge in [0.2, 0.25) is 11.8 Å². The smallest absolute Gasteiger partial charge is 0.237 e. The molecule has 0 aliphatic heterocycles. The summed E-state index contributed by atoms with van der Waals surface area (Å²) in [5, 5.41) is 4.75. The van der Waals surface area contributed by atoms with E-state index in [0.717, 1.165) is 11.3 Å². The van der Waals surface area contributed by atoms with Crippen molar-refractivity contribution in [2.24, 2.45) is 0 Å². The molecule has 0 unspecified atom stereocenters. The second-order valence-electron chi connectivity index (χ2n) is 4.07. The average Bonchev–Trinajstić information content (AvgIpc) is 2.32. The first-order chi connectivity index (χ1) is 8.49. The molecule has 4 nitrogen and oxygen atoms in total. The van der Waals surface area contributed by atoms with Crippen LogP contribution in [0.2, 0.25) is 0 Å². The maximum atomic E-state index is 11.6. The van der Waals surface area contributed by atoms with Crippen molar-refractivity contribution >= 4 is 29.1 Å². The third-order valence-corrected chi connectivity index (χ3v) is 2.55. The highest BCUT2D eigenvalue weighted by Gasteiger charge is 2.09. The number of anilines is 1. The molecule has 0 saturated heterocycles. The molecule has 0 fully saturated rings. The lowest BCUT2D eigenvalue weighted by molar-refractivity contribution is -0.120. The summed E-state index contributed by atoms with van der Waals surface area (Å²) in [7, 11) is 0. The Hall–Kier alpha value is -1.55. The van der Waals surface area contributed by atoms with E-state index in [1.807, 2.05) is 31.2 Å². The summed E-state index contributed by atoms with van der Waals surface area (Å²) in [5.41, 5.74) is 1.89. The number of hydrogen-bond acceptors (Lipinski definition) is 2. The molecular formula is C13H17ClN2O2. The number of alkyl halides is 1. The third-order valence-electron chi connectivity index (χ3n) is 2.35. The van der Waals surface area contributed by atoms with E-state index >= 15 is 0 Å². The average molecular weight is 269 g/mol. The Morgan fingerprint density at radius 2 is 1.89 bits per heavy atom. The number of carbonyl (C=O) groups excluding carboxylic acids is 2. The Labute approximate surface area is 112 Å². The van der Waals surface area contributed by atoms with E-state index in [9.17, 15) is 9.59 Å². The van der Waals surface area contributed by atoms with Crippen molar-refractivity contribution in [3.63, 3.8) is 0 Å². The zero-order chi connectivity index (χ0) is 13.5. The number of rotatable bonds is 5. The van der Waals surface area contributed by atoms with E-state index in [4.69, 9.17) is 11.6 Å². The summed E-state index contributed by atoms with van der Waals surface area (Å²) >= 11 is 5.58. The highest BCUT2D eigenvalue weighted by Crippen LogP contribution is 2.08. The topological polar surface area (TPSA) is 58.2 Å². The Bertz CT molecular complexity index is 416. The van der Waals surface area contributed by atoms with E-state index in [-0.39, 0.29) is 24.8 Å². The minimum Gasteiger partial charge on any atom is -0.354 e. The predicted octanol–water partition coefficient (Wildman–Crippen LogP) is 2.07. The normalized spacial score (nSPS) is 11.7. The lowest BCUT2D eigenvalue weighted by Gasteiger charge is -2.07. The molecule has 2 amide bonds. The van der Waals surface area contributed by atoms with E-state index < -0.39 is 5.38 Å². The fraction of sp³-hybridized carbons (Fsp3) is 0.385. The van der Waals surface area contributed by atoms with Crippen molar-refractivity contribution in [1.82, 2.24) is 5.32 Å². The van der Waals surface area contributed by atoms with Gasteiger partial charge in [-0.2, -0.15) is 0 Å². The number of aryl methyl sites for hydroxylation is 1. The molecule has 2 N–H and O–H groups in total. The lowest BCUT2D eigenvalue weighted by Crippen LogP contribution is -2.32. The van der Waals surface area contributed by atoms with Crippen LogP contribution in [0.25, 0.3) is 0 Å². The van der Waals surface area contributed by atoms with Crippen LogP contribution in [0.3, 0.4) is 0 Å². The Kier molecular flexibility index (Phi) is 5.65.